The molecule has 1 N–H and O–H groups in total. The van der Waals surface area contributed by atoms with Gasteiger partial charge in [-0.3, -0.25) is 4.79 Å². The third-order valence-corrected chi connectivity index (χ3v) is 6.25. The van der Waals surface area contributed by atoms with Gasteiger partial charge in [0.05, 0.1) is 24.2 Å². The molecule has 37 heavy (non-hydrogen) atoms. The van der Waals surface area contributed by atoms with E-state index in [0.29, 0.717) is 13.2 Å². The number of aryl methyl sites for hydroxylation is 3. The Labute approximate surface area is 218 Å². The minimum absolute atomic E-state index is 0.0326. The quantitative estimate of drug-likeness (QED) is 0.184. The number of ether oxygens (including phenoxy) is 2. The van der Waals surface area contributed by atoms with Crippen molar-refractivity contribution < 1.29 is 14.3 Å². The summed E-state index contributed by atoms with van der Waals surface area (Å²) in [6, 6.07) is 22.1. The second-order valence-corrected chi connectivity index (χ2v) is 9.16. The van der Waals surface area contributed by atoms with Crippen LogP contribution < -0.4 is 14.8 Å². The first kappa shape index (κ1) is 26.0. The highest BCUT2D eigenvalue weighted by molar-refractivity contribution is 5.78. The smallest absolute Gasteiger partial charge is 0.258 e. The monoisotopic (exact) mass is 497 g/mol. The normalized spacial score (nSPS) is 10.9. The van der Waals surface area contributed by atoms with Crippen LogP contribution in [0.1, 0.15) is 35.4 Å². The summed E-state index contributed by atoms with van der Waals surface area (Å²) in [7, 11) is 0. The highest BCUT2D eigenvalue weighted by Gasteiger charge is 2.12. The Morgan fingerprint density at radius 2 is 1.81 bits per heavy atom. The number of carbonyl (C=O) groups excluding carboxylic acids is 1. The first-order valence-corrected chi connectivity index (χ1v) is 12.8. The van der Waals surface area contributed by atoms with Gasteiger partial charge in [0.15, 0.2) is 6.61 Å². The van der Waals surface area contributed by atoms with E-state index >= 15 is 0 Å². The number of hydrogen-bond acceptors (Lipinski definition) is 4. The molecule has 1 heterocycles. The first-order chi connectivity index (χ1) is 18.0. The lowest BCUT2D eigenvalue weighted by Gasteiger charge is -2.13. The molecular formula is C31H35N3O3. The molecular weight excluding hydrogens is 462 g/mol. The van der Waals surface area contributed by atoms with E-state index in [1.54, 1.807) is 0 Å². The number of para-hydroxylation sites is 3. The maximum Gasteiger partial charge on any atom is 0.258 e. The van der Waals surface area contributed by atoms with Crippen LogP contribution >= 0.6 is 0 Å². The maximum absolute atomic E-state index is 12.5. The number of unbranched alkanes of at least 4 members (excludes halogenated alkanes) is 1. The molecule has 3 aromatic carbocycles. The Balaban J connectivity index is 1.32. The van der Waals surface area contributed by atoms with E-state index < -0.39 is 0 Å². The van der Waals surface area contributed by atoms with Crippen LogP contribution in [0.15, 0.2) is 79.4 Å². The summed E-state index contributed by atoms with van der Waals surface area (Å²) in [4.78, 5) is 17.3. The van der Waals surface area contributed by atoms with Gasteiger partial charge in [0.25, 0.3) is 5.91 Å². The van der Waals surface area contributed by atoms with Gasteiger partial charge < -0.3 is 19.4 Å². The van der Waals surface area contributed by atoms with Gasteiger partial charge in [0, 0.05) is 6.54 Å². The second kappa shape index (κ2) is 12.8. The van der Waals surface area contributed by atoms with Gasteiger partial charge >= 0.3 is 0 Å². The van der Waals surface area contributed by atoms with Crippen molar-refractivity contribution in [3.05, 3.63) is 102 Å². The summed E-state index contributed by atoms with van der Waals surface area (Å²) >= 11 is 0. The van der Waals surface area contributed by atoms with Crippen LogP contribution in [0.2, 0.25) is 0 Å². The van der Waals surface area contributed by atoms with Crippen molar-refractivity contribution in [2.45, 2.75) is 46.2 Å². The minimum Gasteiger partial charge on any atom is -0.493 e. The fraction of sp³-hybridized carbons (Fsp3) is 0.290. The number of imidazole rings is 1. The van der Waals surface area contributed by atoms with Crippen LogP contribution in [-0.4, -0.2) is 28.7 Å². The molecule has 192 valence electrons. The predicted octanol–water partition coefficient (Wildman–Crippen LogP) is 5.94. The van der Waals surface area contributed by atoms with E-state index in [1.165, 1.54) is 0 Å². The third kappa shape index (κ3) is 7.00. The van der Waals surface area contributed by atoms with Crippen LogP contribution in [0.3, 0.4) is 0 Å². The lowest BCUT2D eigenvalue weighted by Crippen LogP contribution is -2.29. The Morgan fingerprint density at radius 1 is 1.00 bits per heavy atom. The van der Waals surface area contributed by atoms with Crippen molar-refractivity contribution in [1.82, 2.24) is 14.9 Å². The summed E-state index contributed by atoms with van der Waals surface area (Å²) < 4.78 is 14.0. The van der Waals surface area contributed by atoms with Crippen molar-refractivity contribution in [3.8, 4) is 11.5 Å². The molecule has 0 spiro atoms. The van der Waals surface area contributed by atoms with Gasteiger partial charge in [0.1, 0.15) is 17.3 Å². The van der Waals surface area contributed by atoms with Crippen molar-refractivity contribution in [1.29, 1.82) is 0 Å². The molecule has 0 aliphatic carbocycles. The molecule has 0 aliphatic rings. The average Bonchev–Trinajstić information content (AvgIpc) is 3.26. The van der Waals surface area contributed by atoms with Crippen LogP contribution in [0.25, 0.3) is 11.0 Å². The minimum atomic E-state index is -0.175. The van der Waals surface area contributed by atoms with Crippen molar-refractivity contribution in [2.75, 3.05) is 13.2 Å². The molecule has 0 aliphatic heterocycles. The number of allylic oxidation sites excluding steroid dienone is 1. The van der Waals surface area contributed by atoms with Gasteiger partial charge in [0.2, 0.25) is 0 Å². The second-order valence-electron chi connectivity index (χ2n) is 9.16. The molecule has 0 bridgehead atoms. The topological polar surface area (TPSA) is 65.4 Å². The maximum atomic E-state index is 12.5. The number of carbonyl (C=O) groups is 1. The van der Waals surface area contributed by atoms with E-state index in [9.17, 15) is 4.79 Å². The van der Waals surface area contributed by atoms with Crippen molar-refractivity contribution in [3.63, 3.8) is 0 Å². The number of rotatable bonds is 13. The molecule has 0 fully saturated rings. The molecule has 0 radical (unpaired) electrons. The van der Waals surface area contributed by atoms with E-state index in [0.717, 1.165) is 70.9 Å². The zero-order valence-electron chi connectivity index (χ0n) is 21.7. The molecule has 6 nitrogen and oxygen atoms in total. The number of hydrogen-bond donors (Lipinski definition) is 1. The van der Waals surface area contributed by atoms with Crippen molar-refractivity contribution >= 4 is 16.9 Å². The summed E-state index contributed by atoms with van der Waals surface area (Å²) in [5, 5.41) is 2.97. The summed E-state index contributed by atoms with van der Waals surface area (Å²) in [5.74, 6) is 2.31. The fourth-order valence-corrected chi connectivity index (χ4v) is 4.27. The molecule has 0 unspecified atom stereocenters. The van der Waals surface area contributed by atoms with Crippen molar-refractivity contribution in [2.24, 2.45) is 0 Å². The highest BCUT2D eigenvalue weighted by Crippen LogP contribution is 2.21. The number of nitrogens with one attached hydrogen (secondary N) is 1. The average molecular weight is 498 g/mol. The Morgan fingerprint density at radius 3 is 2.68 bits per heavy atom. The highest BCUT2D eigenvalue weighted by atomic mass is 16.5. The third-order valence-electron chi connectivity index (χ3n) is 6.25. The van der Waals surface area contributed by atoms with Crippen LogP contribution in [0.4, 0.5) is 0 Å². The van der Waals surface area contributed by atoms with Gasteiger partial charge in [-0.05, 0) is 74.1 Å². The van der Waals surface area contributed by atoms with Crippen LogP contribution in [0.5, 0.6) is 11.5 Å². The zero-order valence-corrected chi connectivity index (χ0v) is 21.7. The number of aromatic nitrogens is 2. The molecule has 0 atom stereocenters. The summed E-state index contributed by atoms with van der Waals surface area (Å²) in [6.45, 7) is 9.55. The lowest BCUT2D eigenvalue weighted by molar-refractivity contribution is -0.123. The SMILES string of the molecule is C=CCc1ccccc1OCCCCn1c(CNC(=O)COc2cc(C)ccc2C)nc2ccccc21. The predicted molar refractivity (Wildman–Crippen MR) is 148 cm³/mol. The van der Waals surface area contributed by atoms with E-state index in [2.05, 4.69) is 28.6 Å². The largest absolute Gasteiger partial charge is 0.493 e. The van der Waals surface area contributed by atoms with Gasteiger partial charge in [-0.1, -0.05) is 48.5 Å². The molecule has 0 saturated heterocycles. The lowest BCUT2D eigenvalue weighted by atomic mass is 10.1. The molecule has 1 amide bonds. The van der Waals surface area contributed by atoms with E-state index in [-0.39, 0.29) is 12.5 Å². The number of benzene rings is 3. The molecule has 0 saturated carbocycles. The Hall–Kier alpha value is -4.06. The molecule has 6 heteroatoms. The van der Waals surface area contributed by atoms with Crippen LogP contribution in [0, 0.1) is 13.8 Å². The van der Waals surface area contributed by atoms with Gasteiger partial charge in [-0.2, -0.15) is 0 Å². The number of fused-ring (bicyclic) bond motifs is 1. The standard InChI is InChI=1S/C31H35N3O3/c1-4-11-25-12-5-8-15-28(25)36-19-10-9-18-34-27-14-7-6-13-26(27)33-30(34)21-32-31(35)22-37-29-20-23(2)16-17-24(29)3/h4-8,12-17,20H,1,9-11,18-19,21-22H2,2-3H3,(H,32,35). The molecule has 1 aromatic heterocycles. The molecule has 4 rings (SSSR count). The zero-order chi connectivity index (χ0) is 26.0. The van der Waals surface area contributed by atoms with E-state index in [1.807, 2.05) is 74.5 Å². The number of nitrogens with zero attached hydrogens (tertiary/aromatic N) is 2. The molecule has 4 aromatic rings. The fourth-order valence-electron chi connectivity index (χ4n) is 4.27. The first-order valence-electron chi connectivity index (χ1n) is 12.8. The summed E-state index contributed by atoms with van der Waals surface area (Å²) in [5.41, 5.74) is 5.25. The van der Waals surface area contributed by atoms with Gasteiger partial charge in [-0.15, -0.1) is 6.58 Å². The Bertz CT molecular complexity index is 1360. The Kier molecular flexibility index (Phi) is 8.98. The number of amides is 1. The van der Waals surface area contributed by atoms with Gasteiger partial charge in [-0.25, -0.2) is 4.98 Å². The summed E-state index contributed by atoms with van der Waals surface area (Å²) in [6.07, 6.45) is 4.52. The van der Waals surface area contributed by atoms with Crippen LogP contribution in [-0.2, 0) is 24.3 Å². The van der Waals surface area contributed by atoms with E-state index in [4.69, 9.17) is 14.5 Å².